The van der Waals surface area contributed by atoms with Crippen LogP contribution in [0.3, 0.4) is 0 Å². The SMILES string of the molecule is O=C(O)C1CCCc2cnc(C3CCOC3)n21. The lowest BCUT2D eigenvalue weighted by Gasteiger charge is -2.25. The Morgan fingerprint density at radius 2 is 2.41 bits per heavy atom. The molecule has 2 aliphatic rings. The second-order valence-corrected chi connectivity index (χ2v) is 4.78. The summed E-state index contributed by atoms with van der Waals surface area (Å²) in [6.45, 7) is 1.42. The van der Waals surface area contributed by atoms with Crippen LogP contribution in [0.15, 0.2) is 6.20 Å². The van der Waals surface area contributed by atoms with Crippen molar-refractivity contribution in [3.63, 3.8) is 0 Å². The van der Waals surface area contributed by atoms with Crippen LogP contribution < -0.4 is 0 Å². The van der Waals surface area contributed by atoms with Crippen LogP contribution in [0.5, 0.6) is 0 Å². The van der Waals surface area contributed by atoms with Gasteiger partial charge in [0.15, 0.2) is 0 Å². The number of nitrogens with zero attached hydrogens (tertiary/aromatic N) is 2. The molecule has 1 saturated heterocycles. The lowest BCUT2D eigenvalue weighted by atomic mass is 10.0. The Morgan fingerprint density at radius 3 is 3.12 bits per heavy atom. The molecule has 2 aliphatic heterocycles. The number of carboxylic acid groups (broad SMARTS) is 1. The molecule has 5 nitrogen and oxygen atoms in total. The van der Waals surface area contributed by atoms with Gasteiger partial charge in [0, 0.05) is 24.4 Å². The summed E-state index contributed by atoms with van der Waals surface area (Å²) in [5.41, 5.74) is 1.06. The van der Waals surface area contributed by atoms with E-state index in [0.29, 0.717) is 13.0 Å². The van der Waals surface area contributed by atoms with E-state index < -0.39 is 12.0 Å². The number of hydrogen-bond donors (Lipinski definition) is 1. The minimum atomic E-state index is -0.746. The van der Waals surface area contributed by atoms with E-state index in [9.17, 15) is 9.90 Å². The number of hydrogen-bond acceptors (Lipinski definition) is 3. The second kappa shape index (κ2) is 4.14. The molecule has 0 aromatic carbocycles. The summed E-state index contributed by atoms with van der Waals surface area (Å²) < 4.78 is 7.30. The fraction of sp³-hybridized carbons (Fsp3) is 0.667. The number of carbonyl (C=O) groups is 1. The van der Waals surface area contributed by atoms with Crippen LogP contribution in [0.25, 0.3) is 0 Å². The fourth-order valence-corrected chi connectivity index (χ4v) is 2.84. The van der Waals surface area contributed by atoms with Crippen LogP contribution in [-0.4, -0.2) is 33.8 Å². The molecule has 1 aromatic heterocycles. The third-order valence-corrected chi connectivity index (χ3v) is 3.70. The molecule has 5 heteroatoms. The molecule has 92 valence electrons. The maximum atomic E-state index is 11.3. The summed E-state index contributed by atoms with van der Waals surface area (Å²) in [7, 11) is 0. The molecule has 1 aromatic rings. The highest BCUT2D eigenvalue weighted by molar-refractivity contribution is 5.72. The van der Waals surface area contributed by atoms with Gasteiger partial charge in [0.05, 0.1) is 6.61 Å². The average molecular weight is 236 g/mol. The monoisotopic (exact) mass is 236 g/mol. The van der Waals surface area contributed by atoms with Crippen LogP contribution in [0.1, 0.15) is 42.7 Å². The highest BCUT2D eigenvalue weighted by Gasteiger charge is 2.32. The van der Waals surface area contributed by atoms with Crippen molar-refractivity contribution in [1.82, 2.24) is 9.55 Å². The first kappa shape index (κ1) is 10.8. The van der Waals surface area contributed by atoms with Gasteiger partial charge in [-0.1, -0.05) is 0 Å². The Bertz CT molecular complexity index is 435. The van der Waals surface area contributed by atoms with Gasteiger partial charge in [-0.05, 0) is 25.7 Å². The van der Waals surface area contributed by atoms with E-state index in [-0.39, 0.29) is 5.92 Å². The quantitative estimate of drug-likeness (QED) is 0.841. The van der Waals surface area contributed by atoms with E-state index >= 15 is 0 Å². The van der Waals surface area contributed by atoms with Crippen molar-refractivity contribution in [2.45, 2.75) is 37.6 Å². The van der Waals surface area contributed by atoms with E-state index in [1.165, 1.54) is 0 Å². The van der Waals surface area contributed by atoms with Crippen molar-refractivity contribution in [2.75, 3.05) is 13.2 Å². The highest BCUT2D eigenvalue weighted by atomic mass is 16.5. The van der Waals surface area contributed by atoms with Gasteiger partial charge in [0.1, 0.15) is 11.9 Å². The van der Waals surface area contributed by atoms with Crippen LogP contribution in [0, 0.1) is 0 Å². The molecule has 3 heterocycles. The number of ether oxygens (including phenoxy) is 1. The number of imidazole rings is 1. The molecule has 0 saturated carbocycles. The minimum absolute atomic E-state index is 0.267. The molecular weight excluding hydrogens is 220 g/mol. The van der Waals surface area contributed by atoms with Crippen molar-refractivity contribution in [3.05, 3.63) is 17.7 Å². The summed E-state index contributed by atoms with van der Waals surface area (Å²) in [6.07, 6.45) is 5.36. The van der Waals surface area contributed by atoms with E-state index in [4.69, 9.17) is 4.74 Å². The molecule has 17 heavy (non-hydrogen) atoms. The Hall–Kier alpha value is -1.36. The lowest BCUT2D eigenvalue weighted by Crippen LogP contribution is -2.27. The molecule has 0 radical (unpaired) electrons. The summed E-state index contributed by atoms with van der Waals surface area (Å²) in [5, 5.41) is 9.29. The summed E-state index contributed by atoms with van der Waals surface area (Å²) in [6, 6.07) is -0.433. The summed E-state index contributed by atoms with van der Waals surface area (Å²) >= 11 is 0. The van der Waals surface area contributed by atoms with Gasteiger partial charge in [-0.2, -0.15) is 0 Å². The van der Waals surface area contributed by atoms with Gasteiger partial charge in [-0.25, -0.2) is 9.78 Å². The molecule has 0 bridgehead atoms. The Morgan fingerprint density at radius 1 is 1.53 bits per heavy atom. The van der Waals surface area contributed by atoms with Gasteiger partial charge in [-0.15, -0.1) is 0 Å². The zero-order chi connectivity index (χ0) is 11.8. The zero-order valence-electron chi connectivity index (χ0n) is 9.63. The Kier molecular flexibility index (Phi) is 2.63. The van der Waals surface area contributed by atoms with Crippen LogP contribution in [0.4, 0.5) is 0 Å². The average Bonchev–Trinajstić information content (AvgIpc) is 2.96. The molecule has 1 fully saturated rings. The second-order valence-electron chi connectivity index (χ2n) is 4.78. The van der Waals surface area contributed by atoms with Crippen LogP contribution in [-0.2, 0) is 16.0 Å². The fourth-order valence-electron chi connectivity index (χ4n) is 2.84. The standard InChI is InChI=1S/C12H16N2O3/c15-12(16)10-3-1-2-9-6-13-11(14(9)10)8-4-5-17-7-8/h6,8,10H,1-5,7H2,(H,15,16). The maximum absolute atomic E-state index is 11.3. The highest BCUT2D eigenvalue weighted by Crippen LogP contribution is 2.32. The third kappa shape index (κ3) is 1.74. The summed E-state index contributed by atoms with van der Waals surface area (Å²) in [5.74, 6) is 0.428. The van der Waals surface area contributed by atoms with Gasteiger partial charge in [0.2, 0.25) is 0 Å². The first-order valence-electron chi connectivity index (χ1n) is 6.14. The number of rotatable bonds is 2. The molecule has 3 rings (SSSR count). The number of aryl methyl sites for hydroxylation is 1. The third-order valence-electron chi connectivity index (χ3n) is 3.70. The largest absolute Gasteiger partial charge is 0.480 e. The topological polar surface area (TPSA) is 64.3 Å². The Balaban J connectivity index is 2.00. The molecule has 0 amide bonds. The molecular formula is C12H16N2O3. The first-order chi connectivity index (χ1) is 8.27. The molecule has 0 aliphatic carbocycles. The number of carboxylic acids is 1. The first-order valence-corrected chi connectivity index (χ1v) is 6.14. The van der Waals surface area contributed by atoms with Crippen molar-refractivity contribution in [3.8, 4) is 0 Å². The van der Waals surface area contributed by atoms with Crippen molar-refractivity contribution >= 4 is 5.97 Å². The van der Waals surface area contributed by atoms with Gasteiger partial charge in [0.25, 0.3) is 0 Å². The van der Waals surface area contributed by atoms with Gasteiger partial charge >= 0.3 is 5.97 Å². The van der Waals surface area contributed by atoms with Crippen molar-refractivity contribution in [2.24, 2.45) is 0 Å². The van der Waals surface area contributed by atoms with Crippen LogP contribution in [0.2, 0.25) is 0 Å². The number of aliphatic carboxylic acids is 1. The normalized spacial score (nSPS) is 28.0. The van der Waals surface area contributed by atoms with E-state index in [1.54, 1.807) is 0 Å². The lowest BCUT2D eigenvalue weighted by molar-refractivity contribution is -0.141. The zero-order valence-corrected chi connectivity index (χ0v) is 9.63. The van der Waals surface area contributed by atoms with Gasteiger partial charge < -0.3 is 14.4 Å². The minimum Gasteiger partial charge on any atom is -0.480 e. The van der Waals surface area contributed by atoms with E-state index in [2.05, 4.69) is 4.98 Å². The Labute approximate surface area is 99.4 Å². The van der Waals surface area contributed by atoms with E-state index in [0.717, 1.165) is 37.4 Å². The predicted octanol–water partition coefficient (Wildman–Crippen LogP) is 1.35. The van der Waals surface area contributed by atoms with Crippen molar-refractivity contribution < 1.29 is 14.6 Å². The molecule has 1 N–H and O–H groups in total. The predicted molar refractivity (Wildman–Crippen MR) is 60.0 cm³/mol. The molecule has 2 unspecified atom stereocenters. The molecule has 2 atom stereocenters. The molecule has 0 spiro atoms. The van der Waals surface area contributed by atoms with E-state index in [1.807, 2.05) is 10.8 Å². The maximum Gasteiger partial charge on any atom is 0.326 e. The number of aromatic nitrogens is 2. The van der Waals surface area contributed by atoms with Crippen molar-refractivity contribution in [1.29, 1.82) is 0 Å². The van der Waals surface area contributed by atoms with Crippen LogP contribution >= 0.6 is 0 Å². The van der Waals surface area contributed by atoms with Gasteiger partial charge in [-0.3, -0.25) is 0 Å². The number of fused-ring (bicyclic) bond motifs is 1. The summed E-state index contributed by atoms with van der Waals surface area (Å²) in [4.78, 5) is 15.7. The smallest absolute Gasteiger partial charge is 0.326 e.